The van der Waals surface area contributed by atoms with Gasteiger partial charge in [0.15, 0.2) is 0 Å². The molecule has 1 unspecified atom stereocenters. The summed E-state index contributed by atoms with van der Waals surface area (Å²) in [5.74, 6) is 0.837. The van der Waals surface area contributed by atoms with Crippen molar-refractivity contribution in [3.63, 3.8) is 0 Å². The van der Waals surface area contributed by atoms with Crippen LogP contribution < -0.4 is 5.32 Å². The van der Waals surface area contributed by atoms with Crippen molar-refractivity contribution in [1.29, 1.82) is 0 Å². The number of alkyl halides is 3. The number of fused-ring (bicyclic) bond motifs is 1. The van der Waals surface area contributed by atoms with Gasteiger partial charge in [-0.3, -0.25) is 9.69 Å². The minimum Gasteiger partial charge on any atom is -0.444 e. The van der Waals surface area contributed by atoms with E-state index >= 15 is 0 Å². The minimum absolute atomic E-state index is 0.0127. The molecule has 1 aromatic carbocycles. The Labute approximate surface area is 206 Å². The molecule has 1 aromatic rings. The first-order valence-electron chi connectivity index (χ1n) is 12.4. The first-order valence-corrected chi connectivity index (χ1v) is 12.4. The molecule has 9 heteroatoms. The van der Waals surface area contributed by atoms with Gasteiger partial charge in [-0.05, 0) is 76.5 Å². The lowest BCUT2D eigenvalue weighted by molar-refractivity contribution is -0.137. The number of ether oxygens (including phenoxy) is 1. The zero-order valence-electron chi connectivity index (χ0n) is 21.3. The van der Waals surface area contributed by atoms with Gasteiger partial charge in [0.2, 0.25) is 5.91 Å². The van der Waals surface area contributed by atoms with E-state index in [1.54, 1.807) is 19.2 Å². The third kappa shape index (κ3) is 7.59. The van der Waals surface area contributed by atoms with E-state index in [2.05, 4.69) is 10.2 Å². The van der Waals surface area contributed by atoms with Crippen molar-refractivity contribution >= 4 is 12.0 Å². The van der Waals surface area contributed by atoms with E-state index in [0.717, 1.165) is 43.6 Å². The lowest BCUT2D eigenvalue weighted by Crippen LogP contribution is -2.42. The number of hydrogen-bond acceptors (Lipinski definition) is 4. The monoisotopic (exact) mass is 497 g/mol. The quantitative estimate of drug-likeness (QED) is 0.572. The van der Waals surface area contributed by atoms with Gasteiger partial charge in [0, 0.05) is 45.2 Å². The topological polar surface area (TPSA) is 61.9 Å². The molecule has 1 saturated carbocycles. The van der Waals surface area contributed by atoms with Crippen LogP contribution in [0.15, 0.2) is 24.3 Å². The lowest BCUT2D eigenvalue weighted by Gasteiger charge is -2.29. The van der Waals surface area contributed by atoms with Gasteiger partial charge in [0.05, 0.1) is 5.56 Å². The van der Waals surface area contributed by atoms with Gasteiger partial charge < -0.3 is 15.0 Å². The molecule has 35 heavy (non-hydrogen) atoms. The van der Waals surface area contributed by atoms with Gasteiger partial charge >= 0.3 is 12.3 Å². The molecule has 0 radical (unpaired) electrons. The number of carbonyl (C=O) groups excluding carboxylic acids is 2. The Morgan fingerprint density at radius 2 is 1.80 bits per heavy atom. The Kier molecular flexibility index (Phi) is 8.40. The molecule has 2 amide bonds. The summed E-state index contributed by atoms with van der Waals surface area (Å²) in [6, 6.07) is 5.35. The van der Waals surface area contributed by atoms with Crippen LogP contribution in [0.5, 0.6) is 0 Å². The zero-order valence-corrected chi connectivity index (χ0v) is 21.3. The van der Waals surface area contributed by atoms with Crippen molar-refractivity contribution in [2.45, 2.75) is 83.8 Å². The Hall–Kier alpha value is -2.29. The molecule has 0 bridgehead atoms. The van der Waals surface area contributed by atoms with E-state index in [1.807, 2.05) is 27.7 Å². The molecule has 6 nitrogen and oxygen atoms in total. The van der Waals surface area contributed by atoms with Crippen molar-refractivity contribution in [3.8, 4) is 0 Å². The first-order chi connectivity index (χ1) is 16.2. The standard InChI is InChI=1S/C26H38F3N3O3/c1-17(31(5)24(34)35-25(2,3)4)6-13-23(33)30-22-12-9-19-15-32(16-21(19)22)14-18-7-10-20(11-8-18)26(27,28)29/h7-8,10-11,17,19,21-22H,6,9,12-16H2,1-5H3,(H,30,33)/t17?,19-,21+,22+/m0/s1. The summed E-state index contributed by atoms with van der Waals surface area (Å²) in [6.07, 6.45) is -1.86. The van der Waals surface area contributed by atoms with Crippen LogP contribution in [0.1, 0.15) is 64.5 Å². The molecule has 2 fully saturated rings. The van der Waals surface area contributed by atoms with E-state index < -0.39 is 23.4 Å². The Balaban J connectivity index is 1.44. The first kappa shape index (κ1) is 27.3. The number of carbonyl (C=O) groups is 2. The van der Waals surface area contributed by atoms with E-state index in [-0.39, 0.29) is 18.0 Å². The number of nitrogens with zero attached hydrogens (tertiary/aromatic N) is 2. The second-order valence-corrected chi connectivity index (χ2v) is 11.0. The molecule has 1 N–H and O–H groups in total. The van der Waals surface area contributed by atoms with Gasteiger partial charge in [0.1, 0.15) is 5.60 Å². The number of amides is 2. The fourth-order valence-corrected chi connectivity index (χ4v) is 5.05. The summed E-state index contributed by atoms with van der Waals surface area (Å²) in [4.78, 5) is 28.7. The molecular weight excluding hydrogens is 459 g/mol. The number of rotatable bonds is 7. The smallest absolute Gasteiger partial charge is 0.416 e. The van der Waals surface area contributed by atoms with Crippen molar-refractivity contribution in [1.82, 2.24) is 15.1 Å². The zero-order chi connectivity index (χ0) is 26.0. The van der Waals surface area contributed by atoms with Crippen LogP contribution in [0.4, 0.5) is 18.0 Å². The van der Waals surface area contributed by atoms with Crippen LogP contribution in [-0.4, -0.2) is 59.6 Å². The Bertz CT molecular complexity index is 883. The molecule has 4 atom stereocenters. The molecule has 0 spiro atoms. The lowest BCUT2D eigenvalue weighted by atomic mass is 9.97. The van der Waals surface area contributed by atoms with Crippen molar-refractivity contribution in [2.24, 2.45) is 11.8 Å². The van der Waals surface area contributed by atoms with Crippen LogP contribution >= 0.6 is 0 Å². The molecule has 2 aliphatic rings. The van der Waals surface area contributed by atoms with Crippen LogP contribution in [0, 0.1) is 11.8 Å². The maximum Gasteiger partial charge on any atom is 0.416 e. The fourth-order valence-electron chi connectivity index (χ4n) is 5.05. The predicted molar refractivity (Wildman–Crippen MR) is 128 cm³/mol. The van der Waals surface area contributed by atoms with Gasteiger partial charge in [-0.1, -0.05) is 12.1 Å². The average molecular weight is 498 g/mol. The summed E-state index contributed by atoms with van der Waals surface area (Å²) < 4.78 is 43.8. The molecular formula is C26H38F3N3O3. The van der Waals surface area contributed by atoms with E-state index in [1.165, 1.54) is 4.90 Å². The molecule has 3 rings (SSSR count). The van der Waals surface area contributed by atoms with Crippen molar-refractivity contribution in [2.75, 3.05) is 20.1 Å². The van der Waals surface area contributed by atoms with E-state index in [0.29, 0.717) is 31.2 Å². The number of nitrogens with one attached hydrogen (secondary N) is 1. The SMILES string of the molecule is CC(CCC(=O)N[C@@H]1CC[C@H]2CN(Cc3ccc(C(F)(F)F)cc3)C[C@H]21)N(C)C(=O)OC(C)(C)C. The fraction of sp³-hybridized carbons (Fsp3) is 0.692. The molecule has 196 valence electrons. The number of benzene rings is 1. The average Bonchev–Trinajstić information content (AvgIpc) is 3.31. The van der Waals surface area contributed by atoms with Gasteiger partial charge in [-0.15, -0.1) is 0 Å². The van der Waals surface area contributed by atoms with Crippen molar-refractivity contribution < 1.29 is 27.5 Å². The van der Waals surface area contributed by atoms with Crippen LogP contribution in [0.25, 0.3) is 0 Å². The molecule has 1 heterocycles. The maximum absolute atomic E-state index is 12.8. The van der Waals surface area contributed by atoms with Gasteiger partial charge in [0.25, 0.3) is 0 Å². The summed E-state index contributed by atoms with van der Waals surface area (Å²) in [5, 5.41) is 3.20. The molecule has 1 aliphatic carbocycles. The summed E-state index contributed by atoms with van der Waals surface area (Å²) in [6.45, 7) is 9.70. The highest BCUT2D eigenvalue weighted by atomic mass is 19.4. The molecule has 1 saturated heterocycles. The second-order valence-electron chi connectivity index (χ2n) is 11.0. The summed E-state index contributed by atoms with van der Waals surface area (Å²) >= 11 is 0. The van der Waals surface area contributed by atoms with Crippen molar-refractivity contribution in [3.05, 3.63) is 35.4 Å². The number of halogens is 3. The highest BCUT2D eigenvalue weighted by Gasteiger charge is 2.43. The minimum atomic E-state index is -4.32. The number of likely N-dealkylation sites (tertiary alicyclic amines) is 1. The van der Waals surface area contributed by atoms with Gasteiger partial charge in [-0.2, -0.15) is 13.2 Å². The summed E-state index contributed by atoms with van der Waals surface area (Å²) in [5.41, 5.74) is -0.334. The molecule has 1 aliphatic heterocycles. The molecule has 0 aromatic heterocycles. The third-order valence-corrected chi connectivity index (χ3v) is 7.10. The highest BCUT2D eigenvalue weighted by Crippen LogP contribution is 2.39. The maximum atomic E-state index is 12.8. The Morgan fingerprint density at radius 3 is 2.40 bits per heavy atom. The Morgan fingerprint density at radius 1 is 1.14 bits per heavy atom. The third-order valence-electron chi connectivity index (χ3n) is 7.10. The normalized spacial score (nSPS) is 23.6. The largest absolute Gasteiger partial charge is 0.444 e. The van der Waals surface area contributed by atoms with E-state index in [9.17, 15) is 22.8 Å². The van der Waals surface area contributed by atoms with E-state index in [4.69, 9.17) is 4.74 Å². The number of hydrogen-bond donors (Lipinski definition) is 1. The summed E-state index contributed by atoms with van der Waals surface area (Å²) in [7, 11) is 1.68. The van der Waals surface area contributed by atoms with Crippen LogP contribution in [0.2, 0.25) is 0 Å². The van der Waals surface area contributed by atoms with Gasteiger partial charge in [-0.25, -0.2) is 4.79 Å². The predicted octanol–water partition coefficient (Wildman–Crippen LogP) is 5.07. The highest BCUT2D eigenvalue weighted by molar-refractivity contribution is 5.76. The van der Waals surface area contributed by atoms with Crippen LogP contribution in [0.3, 0.4) is 0 Å². The van der Waals surface area contributed by atoms with Crippen LogP contribution in [-0.2, 0) is 22.3 Å². The second kappa shape index (κ2) is 10.8.